The van der Waals surface area contributed by atoms with Crippen LogP contribution >= 0.6 is 15.9 Å². The summed E-state index contributed by atoms with van der Waals surface area (Å²) in [5.41, 5.74) is 7.83. The molecular weight excluding hydrogens is 316 g/mol. The fourth-order valence-electron chi connectivity index (χ4n) is 2.98. The van der Waals surface area contributed by atoms with Gasteiger partial charge in [0.15, 0.2) is 0 Å². The van der Waals surface area contributed by atoms with Crippen molar-refractivity contribution in [1.82, 2.24) is 0 Å². The van der Waals surface area contributed by atoms with Crippen molar-refractivity contribution in [2.45, 2.75) is 32.6 Å². The van der Waals surface area contributed by atoms with Gasteiger partial charge < -0.3 is 10.6 Å². The molecule has 1 aromatic rings. The summed E-state index contributed by atoms with van der Waals surface area (Å²) in [5.74, 6) is 1.000. The number of halogens is 1. The molecule has 0 aromatic heterocycles. The molecule has 3 nitrogen and oxygen atoms in total. The predicted molar refractivity (Wildman–Crippen MR) is 86.8 cm³/mol. The summed E-state index contributed by atoms with van der Waals surface area (Å²) in [6, 6.07) is 6.05. The summed E-state index contributed by atoms with van der Waals surface area (Å²) in [6.07, 6.45) is 4.10. The number of benzene rings is 1. The van der Waals surface area contributed by atoms with Crippen LogP contribution in [0.4, 0.5) is 5.69 Å². The van der Waals surface area contributed by atoms with Crippen LogP contribution in [0.25, 0.3) is 0 Å². The number of nitrogens with two attached hydrogens (primary N) is 1. The molecule has 110 valence electrons. The van der Waals surface area contributed by atoms with Crippen LogP contribution in [0.5, 0.6) is 0 Å². The molecule has 1 amide bonds. The van der Waals surface area contributed by atoms with Crippen molar-refractivity contribution in [3.05, 3.63) is 28.2 Å². The smallest absolute Gasteiger partial charge is 0.229 e. The van der Waals surface area contributed by atoms with E-state index in [1.807, 2.05) is 37.1 Å². The number of carbonyl (C=O) groups excluding carboxylic acids is 1. The highest BCUT2D eigenvalue weighted by Crippen LogP contribution is 2.31. The van der Waals surface area contributed by atoms with E-state index in [4.69, 9.17) is 5.73 Å². The minimum atomic E-state index is 0.154. The van der Waals surface area contributed by atoms with Crippen LogP contribution < -0.4 is 10.6 Å². The summed E-state index contributed by atoms with van der Waals surface area (Å²) in [7, 11) is 1.88. The van der Waals surface area contributed by atoms with Gasteiger partial charge in [-0.1, -0.05) is 22.0 Å². The second kappa shape index (κ2) is 6.72. The van der Waals surface area contributed by atoms with Gasteiger partial charge in [0.25, 0.3) is 0 Å². The molecule has 1 saturated carbocycles. The molecule has 0 unspecified atom stereocenters. The zero-order valence-electron chi connectivity index (χ0n) is 12.2. The molecule has 1 aromatic carbocycles. The Hall–Kier alpha value is -0.870. The fraction of sp³-hybridized carbons (Fsp3) is 0.562. The summed E-state index contributed by atoms with van der Waals surface area (Å²) in [6.45, 7) is 2.79. The second-order valence-corrected chi connectivity index (χ2v) is 6.70. The molecule has 0 aliphatic heterocycles. The van der Waals surface area contributed by atoms with Crippen molar-refractivity contribution in [2.75, 3.05) is 18.5 Å². The van der Waals surface area contributed by atoms with Crippen molar-refractivity contribution in [3.63, 3.8) is 0 Å². The van der Waals surface area contributed by atoms with E-state index in [1.165, 1.54) is 0 Å². The second-order valence-electron chi connectivity index (χ2n) is 5.78. The monoisotopic (exact) mass is 338 g/mol. The molecule has 1 aliphatic carbocycles. The van der Waals surface area contributed by atoms with E-state index in [0.29, 0.717) is 5.92 Å². The third-order valence-corrected chi connectivity index (χ3v) is 4.89. The summed E-state index contributed by atoms with van der Waals surface area (Å²) in [4.78, 5) is 14.4. The number of hydrogen-bond acceptors (Lipinski definition) is 2. The van der Waals surface area contributed by atoms with Crippen molar-refractivity contribution >= 4 is 27.5 Å². The zero-order chi connectivity index (χ0) is 14.7. The molecule has 0 spiro atoms. The average Bonchev–Trinajstić information content (AvgIpc) is 2.48. The van der Waals surface area contributed by atoms with Gasteiger partial charge in [-0.25, -0.2) is 0 Å². The molecule has 0 saturated heterocycles. The molecule has 1 fully saturated rings. The van der Waals surface area contributed by atoms with Crippen LogP contribution in [0.1, 0.15) is 31.2 Å². The highest BCUT2D eigenvalue weighted by molar-refractivity contribution is 9.10. The SMILES string of the molecule is Cc1ccc(Br)cc1N(C)C(=O)C1CCC(CN)CC1. The number of anilines is 1. The van der Waals surface area contributed by atoms with Crippen molar-refractivity contribution in [3.8, 4) is 0 Å². The van der Waals surface area contributed by atoms with Crippen LogP contribution in [0, 0.1) is 18.8 Å². The van der Waals surface area contributed by atoms with E-state index in [0.717, 1.165) is 48.0 Å². The zero-order valence-corrected chi connectivity index (χ0v) is 13.8. The Bertz CT molecular complexity index is 481. The standard InChI is InChI=1S/C16H23BrN2O/c1-11-3-8-14(17)9-15(11)19(2)16(20)13-6-4-12(10-18)5-7-13/h3,8-9,12-13H,4-7,10,18H2,1-2H3. The maximum absolute atomic E-state index is 12.6. The molecule has 1 aliphatic rings. The van der Waals surface area contributed by atoms with Crippen molar-refractivity contribution in [1.29, 1.82) is 0 Å². The Morgan fingerprint density at radius 2 is 2.00 bits per heavy atom. The van der Waals surface area contributed by atoms with Crippen molar-refractivity contribution < 1.29 is 4.79 Å². The highest BCUT2D eigenvalue weighted by Gasteiger charge is 2.28. The van der Waals surface area contributed by atoms with Gasteiger partial charge in [0, 0.05) is 23.1 Å². The summed E-state index contributed by atoms with van der Waals surface area (Å²) in [5, 5.41) is 0. The molecule has 4 heteroatoms. The van der Waals surface area contributed by atoms with E-state index in [2.05, 4.69) is 15.9 Å². The molecule has 2 rings (SSSR count). The predicted octanol–water partition coefficient (Wildman–Crippen LogP) is 3.49. The number of rotatable bonds is 3. The first-order chi connectivity index (χ1) is 9.52. The maximum atomic E-state index is 12.6. The Morgan fingerprint density at radius 3 is 2.60 bits per heavy atom. The van der Waals surface area contributed by atoms with Crippen LogP contribution in [-0.2, 0) is 4.79 Å². The van der Waals surface area contributed by atoms with E-state index in [1.54, 1.807) is 0 Å². The molecule has 20 heavy (non-hydrogen) atoms. The molecule has 2 N–H and O–H groups in total. The normalized spacial score (nSPS) is 22.6. The number of aryl methyl sites for hydroxylation is 1. The van der Waals surface area contributed by atoms with E-state index in [-0.39, 0.29) is 11.8 Å². The quantitative estimate of drug-likeness (QED) is 0.916. The number of amides is 1. The van der Waals surface area contributed by atoms with Gasteiger partial charge in [0.2, 0.25) is 5.91 Å². The van der Waals surface area contributed by atoms with Gasteiger partial charge in [-0.15, -0.1) is 0 Å². The number of carbonyl (C=O) groups is 1. The largest absolute Gasteiger partial charge is 0.330 e. The summed E-state index contributed by atoms with van der Waals surface area (Å²) < 4.78 is 1.00. The van der Waals surface area contributed by atoms with E-state index < -0.39 is 0 Å². The molecular formula is C16H23BrN2O. The first kappa shape index (κ1) is 15.5. The lowest BCUT2D eigenvalue weighted by Crippen LogP contribution is -2.36. The van der Waals surface area contributed by atoms with Crippen LogP contribution in [0.2, 0.25) is 0 Å². The van der Waals surface area contributed by atoms with Crippen LogP contribution in [-0.4, -0.2) is 19.5 Å². The minimum absolute atomic E-state index is 0.154. The molecule has 0 atom stereocenters. The van der Waals surface area contributed by atoms with Gasteiger partial charge in [0.1, 0.15) is 0 Å². The van der Waals surface area contributed by atoms with Gasteiger partial charge >= 0.3 is 0 Å². The maximum Gasteiger partial charge on any atom is 0.229 e. The third kappa shape index (κ3) is 3.41. The number of nitrogens with zero attached hydrogens (tertiary/aromatic N) is 1. The lowest BCUT2D eigenvalue weighted by Gasteiger charge is -2.30. The van der Waals surface area contributed by atoms with Crippen molar-refractivity contribution in [2.24, 2.45) is 17.6 Å². The summed E-state index contributed by atoms with van der Waals surface area (Å²) >= 11 is 3.48. The Morgan fingerprint density at radius 1 is 1.35 bits per heavy atom. The first-order valence-electron chi connectivity index (χ1n) is 7.26. The fourth-order valence-corrected chi connectivity index (χ4v) is 3.33. The van der Waals surface area contributed by atoms with Gasteiger partial charge in [-0.05, 0) is 62.8 Å². The lowest BCUT2D eigenvalue weighted by molar-refractivity contribution is -0.123. The lowest BCUT2D eigenvalue weighted by atomic mass is 9.81. The molecule has 0 radical (unpaired) electrons. The topological polar surface area (TPSA) is 46.3 Å². The van der Waals surface area contributed by atoms with Gasteiger partial charge in [0.05, 0.1) is 0 Å². The van der Waals surface area contributed by atoms with E-state index >= 15 is 0 Å². The van der Waals surface area contributed by atoms with E-state index in [9.17, 15) is 4.79 Å². The molecule has 0 heterocycles. The first-order valence-corrected chi connectivity index (χ1v) is 8.06. The Labute approximate surface area is 129 Å². The van der Waals surface area contributed by atoms with Crippen LogP contribution in [0.3, 0.4) is 0 Å². The van der Waals surface area contributed by atoms with Gasteiger partial charge in [-0.2, -0.15) is 0 Å². The average molecular weight is 339 g/mol. The Balaban J connectivity index is 2.07. The van der Waals surface area contributed by atoms with Gasteiger partial charge in [-0.3, -0.25) is 4.79 Å². The third-order valence-electron chi connectivity index (χ3n) is 4.39. The Kier molecular flexibility index (Phi) is 5.22. The minimum Gasteiger partial charge on any atom is -0.330 e. The number of hydrogen-bond donors (Lipinski definition) is 1. The van der Waals surface area contributed by atoms with Crippen LogP contribution in [0.15, 0.2) is 22.7 Å². The highest BCUT2D eigenvalue weighted by atomic mass is 79.9. The molecule has 0 bridgehead atoms.